The number of hydrogen-bond donors (Lipinski definition) is 2. The molecule has 0 aliphatic carbocycles. The second-order valence-electron chi connectivity index (χ2n) is 4.50. The van der Waals surface area contributed by atoms with Crippen LogP contribution in [0.3, 0.4) is 0 Å². The fourth-order valence-electron chi connectivity index (χ4n) is 1.91. The van der Waals surface area contributed by atoms with Crippen molar-refractivity contribution in [3.63, 3.8) is 0 Å². The highest BCUT2D eigenvalue weighted by molar-refractivity contribution is 5.92. The first-order valence-corrected chi connectivity index (χ1v) is 6.57. The Labute approximate surface area is 113 Å². The molecule has 5 nitrogen and oxygen atoms in total. The van der Waals surface area contributed by atoms with Crippen LogP contribution in [0.5, 0.6) is 5.75 Å². The molecular formula is C14H20N2O3. The van der Waals surface area contributed by atoms with Crippen molar-refractivity contribution >= 4 is 11.6 Å². The van der Waals surface area contributed by atoms with Gasteiger partial charge < -0.3 is 20.1 Å². The van der Waals surface area contributed by atoms with Crippen LogP contribution >= 0.6 is 0 Å². The van der Waals surface area contributed by atoms with E-state index < -0.39 is 0 Å². The molecule has 0 aromatic heterocycles. The summed E-state index contributed by atoms with van der Waals surface area (Å²) in [5.74, 6) is 0.684. The molecular weight excluding hydrogens is 244 g/mol. The zero-order valence-corrected chi connectivity index (χ0v) is 11.1. The van der Waals surface area contributed by atoms with E-state index in [0.29, 0.717) is 25.3 Å². The number of ether oxygens (including phenoxy) is 2. The molecule has 19 heavy (non-hydrogen) atoms. The van der Waals surface area contributed by atoms with E-state index in [4.69, 9.17) is 9.47 Å². The summed E-state index contributed by atoms with van der Waals surface area (Å²) in [7, 11) is 1.82. The zero-order valence-electron chi connectivity index (χ0n) is 11.1. The number of carbonyl (C=O) groups excluding carboxylic acids is 1. The van der Waals surface area contributed by atoms with Crippen LogP contribution in [0.4, 0.5) is 5.69 Å². The fraction of sp³-hybridized carbons (Fsp3) is 0.500. The van der Waals surface area contributed by atoms with Gasteiger partial charge in [0.25, 0.3) is 0 Å². The molecule has 1 aromatic carbocycles. The number of rotatable bonds is 6. The number of nitrogens with one attached hydrogen (secondary N) is 2. The minimum absolute atomic E-state index is 0.0203. The number of carbonyl (C=O) groups is 1. The van der Waals surface area contributed by atoms with Crippen molar-refractivity contribution in [2.24, 2.45) is 0 Å². The van der Waals surface area contributed by atoms with Crippen LogP contribution in [-0.2, 0) is 9.53 Å². The smallest absolute Gasteiger partial charge is 0.225 e. The molecule has 5 heteroatoms. The summed E-state index contributed by atoms with van der Waals surface area (Å²) in [5, 5.41) is 5.82. The molecule has 1 aliphatic rings. The van der Waals surface area contributed by atoms with Crippen molar-refractivity contribution < 1.29 is 14.3 Å². The van der Waals surface area contributed by atoms with Gasteiger partial charge in [0.2, 0.25) is 5.91 Å². The number of hydrogen-bond acceptors (Lipinski definition) is 4. The summed E-state index contributed by atoms with van der Waals surface area (Å²) >= 11 is 0. The first kappa shape index (κ1) is 13.8. The van der Waals surface area contributed by atoms with Gasteiger partial charge in [0.05, 0.1) is 18.9 Å². The average Bonchev–Trinajstić information content (AvgIpc) is 2.91. The third-order valence-electron chi connectivity index (χ3n) is 2.94. The highest BCUT2D eigenvalue weighted by Crippen LogP contribution is 2.26. The maximum atomic E-state index is 11.7. The molecule has 2 N–H and O–H groups in total. The summed E-state index contributed by atoms with van der Waals surface area (Å²) in [6, 6.07) is 7.49. The van der Waals surface area contributed by atoms with Crippen LogP contribution in [0.15, 0.2) is 24.3 Å². The second kappa shape index (κ2) is 7.11. The standard InChI is InChI=1S/C14H20N2O3/c1-15-8-6-14(17)16-12-4-2-3-5-13(12)19-11-7-9-18-10-11/h2-5,11,15H,6-10H2,1H3,(H,16,17). The summed E-state index contributed by atoms with van der Waals surface area (Å²) in [6.07, 6.45) is 1.41. The van der Waals surface area contributed by atoms with Crippen LogP contribution in [0.2, 0.25) is 0 Å². The van der Waals surface area contributed by atoms with Gasteiger partial charge in [-0.25, -0.2) is 0 Å². The van der Waals surface area contributed by atoms with E-state index in [0.717, 1.165) is 18.7 Å². The minimum Gasteiger partial charge on any atom is -0.486 e. The van der Waals surface area contributed by atoms with Gasteiger partial charge in [0.1, 0.15) is 11.9 Å². The van der Waals surface area contributed by atoms with Crippen LogP contribution in [0.25, 0.3) is 0 Å². The minimum atomic E-state index is -0.0203. The van der Waals surface area contributed by atoms with Crippen molar-refractivity contribution in [3.05, 3.63) is 24.3 Å². The van der Waals surface area contributed by atoms with E-state index in [1.54, 1.807) is 0 Å². The molecule has 1 atom stereocenters. The third-order valence-corrected chi connectivity index (χ3v) is 2.94. The Balaban J connectivity index is 1.97. The normalized spacial score (nSPS) is 18.3. The first-order valence-electron chi connectivity index (χ1n) is 6.57. The molecule has 2 rings (SSSR count). The van der Waals surface area contributed by atoms with Gasteiger partial charge in [-0.2, -0.15) is 0 Å². The third kappa shape index (κ3) is 4.22. The second-order valence-corrected chi connectivity index (χ2v) is 4.50. The number of para-hydroxylation sites is 2. The number of anilines is 1. The Kier molecular flexibility index (Phi) is 5.18. The Morgan fingerprint density at radius 1 is 1.47 bits per heavy atom. The number of amides is 1. The van der Waals surface area contributed by atoms with Crippen LogP contribution < -0.4 is 15.4 Å². The Bertz CT molecular complexity index is 417. The molecule has 1 fully saturated rings. The monoisotopic (exact) mass is 264 g/mol. The van der Waals surface area contributed by atoms with Crippen molar-refractivity contribution in [2.45, 2.75) is 18.9 Å². The van der Waals surface area contributed by atoms with Gasteiger partial charge in [-0.05, 0) is 19.2 Å². The molecule has 1 amide bonds. The summed E-state index contributed by atoms with van der Waals surface area (Å²) in [6.45, 7) is 2.01. The molecule has 1 heterocycles. The topological polar surface area (TPSA) is 59.6 Å². The van der Waals surface area contributed by atoms with Crippen LogP contribution in [-0.4, -0.2) is 38.8 Å². The lowest BCUT2D eigenvalue weighted by atomic mass is 10.2. The molecule has 0 saturated carbocycles. The molecule has 0 radical (unpaired) electrons. The number of benzene rings is 1. The van der Waals surface area contributed by atoms with Gasteiger partial charge >= 0.3 is 0 Å². The lowest BCUT2D eigenvalue weighted by Crippen LogP contribution is -2.20. The van der Waals surface area contributed by atoms with E-state index in [1.165, 1.54) is 0 Å². The molecule has 1 unspecified atom stereocenters. The maximum absolute atomic E-state index is 11.7. The Morgan fingerprint density at radius 2 is 2.32 bits per heavy atom. The van der Waals surface area contributed by atoms with Gasteiger partial charge in [0.15, 0.2) is 0 Å². The molecule has 104 valence electrons. The lowest BCUT2D eigenvalue weighted by molar-refractivity contribution is -0.116. The SMILES string of the molecule is CNCCC(=O)Nc1ccccc1OC1CCOC1. The summed E-state index contributed by atoms with van der Waals surface area (Å²) in [4.78, 5) is 11.7. The molecule has 0 spiro atoms. The predicted octanol–water partition coefficient (Wildman–Crippen LogP) is 1.40. The first-order chi connectivity index (χ1) is 9.29. The highest BCUT2D eigenvalue weighted by atomic mass is 16.5. The summed E-state index contributed by atoms with van der Waals surface area (Å²) < 4.78 is 11.1. The van der Waals surface area contributed by atoms with E-state index in [2.05, 4.69) is 10.6 Å². The van der Waals surface area contributed by atoms with Crippen LogP contribution in [0, 0.1) is 0 Å². The maximum Gasteiger partial charge on any atom is 0.225 e. The van der Waals surface area contributed by atoms with Gasteiger partial charge in [-0.1, -0.05) is 12.1 Å². The lowest BCUT2D eigenvalue weighted by Gasteiger charge is -2.16. The quantitative estimate of drug-likeness (QED) is 0.815. The Hall–Kier alpha value is -1.59. The van der Waals surface area contributed by atoms with Gasteiger partial charge in [-0.15, -0.1) is 0 Å². The average molecular weight is 264 g/mol. The largest absolute Gasteiger partial charge is 0.486 e. The van der Waals surface area contributed by atoms with Crippen LogP contribution in [0.1, 0.15) is 12.8 Å². The van der Waals surface area contributed by atoms with E-state index in [9.17, 15) is 4.79 Å². The van der Waals surface area contributed by atoms with Crippen molar-refractivity contribution in [3.8, 4) is 5.75 Å². The molecule has 1 aliphatic heterocycles. The zero-order chi connectivity index (χ0) is 13.5. The predicted molar refractivity (Wildman–Crippen MR) is 73.5 cm³/mol. The van der Waals surface area contributed by atoms with E-state index >= 15 is 0 Å². The fourth-order valence-corrected chi connectivity index (χ4v) is 1.91. The van der Waals surface area contributed by atoms with E-state index in [-0.39, 0.29) is 12.0 Å². The van der Waals surface area contributed by atoms with Crippen molar-refractivity contribution in [2.75, 3.05) is 32.1 Å². The van der Waals surface area contributed by atoms with Crippen molar-refractivity contribution in [1.82, 2.24) is 5.32 Å². The highest BCUT2D eigenvalue weighted by Gasteiger charge is 2.18. The summed E-state index contributed by atoms with van der Waals surface area (Å²) in [5.41, 5.74) is 0.718. The van der Waals surface area contributed by atoms with Gasteiger partial charge in [0, 0.05) is 19.4 Å². The molecule has 0 bridgehead atoms. The van der Waals surface area contributed by atoms with Gasteiger partial charge in [-0.3, -0.25) is 4.79 Å². The molecule has 1 saturated heterocycles. The van der Waals surface area contributed by atoms with Crippen molar-refractivity contribution in [1.29, 1.82) is 0 Å². The Morgan fingerprint density at radius 3 is 3.05 bits per heavy atom. The van der Waals surface area contributed by atoms with E-state index in [1.807, 2.05) is 31.3 Å². The molecule has 1 aromatic rings.